The van der Waals surface area contributed by atoms with Crippen LogP contribution in [0.3, 0.4) is 0 Å². The highest BCUT2D eigenvalue weighted by Crippen LogP contribution is 2.32. The molecule has 0 saturated heterocycles. The summed E-state index contributed by atoms with van der Waals surface area (Å²) in [6.07, 6.45) is 0.914. The summed E-state index contributed by atoms with van der Waals surface area (Å²) >= 11 is 0. The second-order valence-corrected chi connectivity index (χ2v) is 6.73. The fourth-order valence-electron chi connectivity index (χ4n) is 2.88. The Labute approximate surface area is 184 Å². The van der Waals surface area contributed by atoms with E-state index in [1.54, 1.807) is 24.3 Å². The number of nitrogens with zero attached hydrogens (tertiary/aromatic N) is 3. The number of carbonyl (C=O) groups excluding carboxylic acids is 1. The number of pyridine rings is 1. The molecule has 3 N–H and O–H groups in total. The van der Waals surface area contributed by atoms with E-state index in [1.165, 1.54) is 47.7 Å². The van der Waals surface area contributed by atoms with Crippen LogP contribution in [0.25, 0.3) is 5.69 Å². The van der Waals surface area contributed by atoms with Gasteiger partial charge in [-0.25, -0.2) is 4.79 Å². The third-order valence-electron chi connectivity index (χ3n) is 4.41. The molecule has 0 bridgehead atoms. The fraction of sp³-hybridized carbons (Fsp3) is 0.0476. The van der Waals surface area contributed by atoms with Gasteiger partial charge in [-0.3, -0.25) is 0 Å². The maximum atomic E-state index is 13.2. The van der Waals surface area contributed by atoms with Crippen molar-refractivity contribution in [1.82, 2.24) is 10.3 Å². The Kier molecular flexibility index (Phi) is 5.81. The zero-order valence-corrected chi connectivity index (χ0v) is 16.7. The van der Waals surface area contributed by atoms with Crippen molar-refractivity contribution in [3.05, 3.63) is 90.2 Å². The number of H-pyrrole nitrogens is 1. The zero-order chi connectivity index (χ0) is 23.4. The predicted molar refractivity (Wildman–Crippen MR) is 110 cm³/mol. The Morgan fingerprint density at radius 2 is 1.67 bits per heavy atom. The van der Waals surface area contributed by atoms with E-state index >= 15 is 0 Å². The molecule has 4 aromatic rings. The highest BCUT2D eigenvalue weighted by Gasteiger charge is 2.32. The summed E-state index contributed by atoms with van der Waals surface area (Å²) in [5.41, 5.74) is -0.336. The molecule has 168 valence electrons. The van der Waals surface area contributed by atoms with Gasteiger partial charge >= 0.3 is 12.2 Å². The highest BCUT2D eigenvalue weighted by atomic mass is 19.4. The molecule has 0 aliphatic carbocycles. The van der Waals surface area contributed by atoms with Crippen molar-refractivity contribution >= 4 is 17.4 Å². The minimum Gasteiger partial charge on any atom is -0.619 e. The third-order valence-corrected chi connectivity index (χ3v) is 4.41. The lowest BCUT2D eigenvalue weighted by molar-refractivity contribution is -0.658. The van der Waals surface area contributed by atoms with E-state index in [1.807, 2.05) is 0 Å². The minimum absolute atomic E-state index is 0.0729. The third kappa shape index (κ3) is 5.36. The van der Waals surface area contributed by atoms with Gasteiger partial charge in [0.1, 0.15) is 11.5 Å². The van der Waals surface area contributed by atoms with Gasteiger partial charge in [0.05, 0.1) is 11.3 Å². The standard InChI is InChI=1S/C21H15F3N6O3/c22-21(23,24)14-1-6-19(30-12-9-25-28-30)18(13-14)27-20(31)26-15-2-4-16(5-3-15)33-17-7-10-29(32)11-8-17/h1-13H,(H2,26,27,31)/p+1. The van der Waals surface area contributed by atoms with Gasteiger partial charge in [0.15, 0.2) is 24.3 Å². The number of amides is 2. The molecular formula is C21H16F3N6O3+. The number of carbonyl (C=O) groups is 1. The molecule has 0 spiro atoms. The summed E-state index contributed by atoms with van der Waals surface area (Å²) in [4.78, 5) is 12.5. The highest BCUT2D eigenvalue weighted by molar-refractivity contribution is 6.00. The number of ether oxygens (including phenoxy) is 1. The monoisotopic (exact) mass is 457 g/mol. The van der Waals surface area contributed by atoms with Crippen molar-refractivity contribution in [2.45, 2.75) is 6.18 Å². The first-order valence-electron chi connectivity index (χ1n) is 9.45. The van der Waals surface area contributed by atoms with E-state index in [9.17, 15) is 23.2 Å². The summed E-state index contributed by atoms with van der Waals surface area (Å²) in [6, 6.07) is 11.5. The van der Waals surface area contributed by atoms with Crippen LogP contribution in [-0.2, 0) is 6.18 Å². The van der Waals surface area contributed by atoms with Crippen LogP contribution in [0.5, 0.6) is 11.5 Å². The molecule has 2 amide bonds. The van der Waals surface area contributed by atoms with Crippen molar-refractivity contribution in [3.63, 3.8) is 0 Å². The summed E-state index contributed by atoms with van der Waals surface area (Å²) in [5.74, 6) is 0.911. The second-order valence-electron chi connectivity index (χ2n) is 6.73. The fourth-order valence-corrected chi connectivity index (χ4v) is 2.88. The van der Waals surface area contributed by atoms with E-state index in [2.05, 4.69) is 20.9 Å². The van der Waals surface area contributed by atoms with E-state index in [0.29, 0.717) is 21.9 Å². The van der Waals surface area contributed by atoms with Crippen molar-refractivity contribution in [2.75, 3.05) is 10.6 Å². The van der Waals surface area contributed by atoms with Crippen LogP contribution in [0, 0.1) is 5.21 Å². The maximum absolute atomic E-state index is 13.2. The second kappa shape index (κ2) is 8.86. The minimum atomic E-state index is -4.58. The molecule has 0 unspecified atom stereocenters. The normalized spacial score (nSPS) is 11.1. The molecule has 9 nitrogen and oxygen atoms in total. The molecular weight excluding hydrogens is 441 g/mol. The van der Waals surface area contributed by atoms with E-state index in [4.69, 9.17) is 4.74 Å². The number of nitrogens with one attached hydrogen (secondary N) is 3. The number of rotatable bonds is 5. The summed E-state index contributed by atoms with van der Waals surface area (Å²) in [6.45, 7) is 0. The number of alkyl halides is 3. The Morgan fingerprint density at radius 3 is 2.30 bits per heavy atom. The van der Waals surface area contributed by atoms with Crippen LogP contribution < -0.4 is 24.8 Å². The molecule has 12 heteroatoms. The predicted octanol–water partition coefficient (Wildman–Crippen LogP) is 3.77. The Balaban J connectivity index is 1.47. The molecule has 0 fully saturated rings. The van der Waals surface area contributed by atoms with Crippen LogP contribution in [0.15, 0.2) is 79.4 Å². The van der Waals surface area contributed by atoms with Crippen molar-refractivity contribution in [3.8, 4) is 17.2 Å². The maximum Gasteiger partial charge on any atom is 0.416 e. The van der Waals surface area contributed by atoms with Gasteiger partial charge in [0.25, 0.3) is 0 Å². The molecule has 4 rings (SSSR count). The van der Waals surface area contributed by atoms with Gasteiger partial charge in [-0.05, 0) is 42.5 Å². The number of aromatic nitrogens is 4. The van der Waals surface area contributed by atoms with Crippen molar-refractivity contribution < 1.29 is 32.1 Å². The van der Waals surface area contributed by atoms with Crippen LogP contribution in [-0.4, -0.2) is 16.3 Å². The van der Waals surface area contributed by atoms with Crippen LogP contribution in [0.4, 0.5) is 29.3 Å². The zero-order valence-electron chi connectivity index (χ0n) is 16.7. The summed E-state index contributed by atoms with van der Waals surface area (Å²) in [7, 11) is 0. The molecule has 33 heavy (non-hydrogen) atoms. The molecule has 2 heterocycles. The average Bonchev–Trinajstić information content (AvgIpc) is 3.31. The van der Waals surface area contributed by atoms with E-state index in [-0.39, 0.29) is 11.4 Å². The lowest BCUT2D eigenvalue weighted by Crippen LogP contribution is -2.34. The number of halogens is 3. The van der Waals surface area contributed by atoms with Crippen molar-refractivity contribution in [1.29, 1.82) is 0 Å². The van der Waals surface area contributed by atoms with Gasteiger partial charge in [-0.1, -0.05) is 5.21 Å². The Bertz CT molecular complexity index is 1240. The Hall–Kier alpha value is -4.61. The van der Waals surface area contributed by atoms with Crippen LogP contribution in [0.2, 0.25) is 0 Å². The van der Waals surface area contributed by atoms with Crippen LogP contribution in [0.1, 0.15) is 5.56 Å². The molecule has 2 aromatic carbocycles. The van der Waals surface area contributed by atoms with Gasteiger partial charge in [0.2, 0.25) is 6.20 Å². The number of hydrogen-bond acceptors (Lipinski definition) is 4. The van der Waals surface area contributed by atoms with Gasteiger partial charge in [-0.15, -0.1) is 4.68 Å². The van der Waals surface area contributed by atoms with E-state index in [0.717, 1.165) is 12.1 Å². The SMILES string of the molecule is O=C(Nc1ccc(Oc2cc[n+]([O-])cc2)cc1)Nc1cc(C(F)(F)F)ccc1-[n+]1ccn[nH]1. The summed E-state index contributed by atoms with van der Waals surface area (Å²) in [5, 5.41) is 22.4. The first-order valence-corrected chi connectivity index (χ1v) is 9.45. The Morgan fingerprint density at radius 1 is 0.970 bits per heavy atom. The van der Waals surface area contributed by atoms with Crippen molar-refractivity contribution in [2.24, 2.45) is 0 Å². The molecule has 0 saturated carbocycles. The average molecular weight is 457 g/mol. The van der Waals surface area contributed by atoms with Gasteiger partial charge in [-0.2, -0.15) is 17.9 Å². The van der Waals surface area contributed by atoms with E-state index < -0.39 is 17.8 Å². The molecule has 2 aromatic heterocycles. The quantitative estimate of drug-likeness (QED) is 0.313. The van der Waals surface area contributed by atoms with Gasteiger partial charge in [0, 0.05) is 22.9 Å². The number of benzene rings is 2. The molecule has 0 radical (unpaired) electrons. The van der Waals surface area contributed by atoms with Gasteiger partial charge < -0.3 is 20.6 Å². The lowest BCUT2D eigenvalue weighted by atomic mass is 10.1. The largest absolute Gasteiger partial charge is 0.619 e. The smallest absolute Gasteiger partial charge is 0.416 e. The number of urea groups is 1. The number of anilines is 2. The number of hydrogen-bond donors (Lipinski definition) is 3. The first-order chi connectivity index (χ1) is 15.8. The topological polar surface area (TPSA) is 110 Å². The molecule has 0 aliphatic heterocycles. The number of aromatic amines is 1. The first kappa shape index (κ1) is 21.6. The lowest BCUT2D eigenvalue weighted by Gasteiger charge is -2.13. The van der Waals surface area contributed by atoms with Crippen LogP contribution >= 0.6 is 0 Å². The molecule has 0 atom stereocenters. The summed E-state index contributed by atoms with van der Waals surface area (Å²) < 4.78 is 47.0. The molecule has 0 aliphatic rings.